The Bertz CT molecular complexity index is 527. The first kappa shape index (κ1) is 15.5. The van der Waals surface area contributed by atoms with Crippen LogP contribution in [0, 0.1) is 0 Å². The molecule has 114 valence electrons. The van der Waals surface area contributed by atoms with Crippen molar-refractivity contribution in [3.63, 3.8) is 0 Å². The summed E-state index contributed by atoms with van der Waals surface area (Å²) in [5.74, 6) is -0.0272. The predicted molar refractivity (Wildman–Crippen MR) is 84.3 cm³/mol. The summed E-state index contributed by atoms with van der Waals surface area (Å²) in [7, 11) is 0. The number of amides is 2. The topological polar surface area (TPSA) is 40.6 Å². The van der Waals surface area contributed by atoms with Crippen LogP contribution in [0.3, 0.4) is 0 Å². The standard InChI is InChI=1S/C17H24N2O2/c1-4-13(2)19(14(3)20)12-17(21)18-11-7-9-15-8-5-6-10-16(15)18/h5-6,8,10,13H,4,7,9,11-12H2,1-3H3. The molecule has 0 aromatic heterocycles. The van der Waals surface area contributed by atoms with Gasteiger partial charge >= 0.3 is 0 Å². The molecule has 21 heavy (non-hydrogen) atoms. The summed E-state index contributed by atoms with van der Waals surface area (Å²) in [6.45, 7) is 6.45. The number of rotatable bonds is 4. The minimum Gasteiger partial charge on any atom is -0.331 e. The molecule has 1 atom stereocenters. The van der Waals surface area contributed by atoms with Crippen LogP contribution in [0.5, 0.6) is 0 Å². The van der Waals surface area contributed by atoms with Gasteiger partial charge in [0.25, 0.3) is 0 Å². The Morgan fingerprint density at radius 3 is 2.71 bits per heavy atom. The third-order valence-corrected chi connectivity index (χ3v) is 4.24. The summed E-state index contributed by atoms with van der Waals surface area (Å²) >= 11 is 0. The SMILES string of the molecule is CCC(C)N(CC(=O)N1CCCc2ccccc21)C(C)=O. The maximum Gasteiger partial charge on any atom is 0.246 e. The number of hydrogen-bond donors (Lipinski definition) is 0. The van der Waals surface area contributed by atoms with E-state index in [0.29, 0.717) is 0 Å². The molecule has 4 nitrogen and oxygen atoms in total. The van der Waals surface area contributed by atoms with Crippen molar-refractivity contribution in [1.82, 2.24) is 4.90 Å². The minimum atomic E-state index is -0.0389. The van der Waals surface area contributed by atoms with E-state index in [1.165, 1.54) is 12.5 Å². The maximum atomic E-state index is 12.6. The van der Waals surface area contributed by atoms with Gasteiger partial charge in [0.05, 0.1) is 0 Å². The van der Waals surface area contributed by atoms with Gasteiger partial charge in [0.15, 0.2) is 0 Å². The molecule has 1 unspecified atom stereocenters. The van der Waals surface area contributed by atoms with Crippen LogP contribution in [-0.2, 0) is 16.0 Å². The molecule has 4 heteroatoms. The lowest BCUT2D eigenvalue weighted by atomic mass is 10.0. The first-order valence-corrected chi connectivity index (χ1v) is 7.70. The molecule has 0 spiro atoms. The fourth-order valence-corrected chi connectivity index (χ4v) is 2.82. The second kappa shape index (κ2) is 6.74. The van der Waals surface area contributed by atoms with Gasteiger partial charge in [-0.1, -0.05) is 25.1 Å². The smallest absolute Gasteiger partial charge is 0.246 e. The fraction of sp³-hybridized carbons (Fsp3) is 0.529. The van der Waals surface area contributed by atoms with E-state index >= 15 is 0 Å². The van der Waals surface area contributed by atoms with Gasteiger partial charge in [-0.3, -0.25) is 9.59 Å². The van der Waals surface area contributed by atoms with E-state index in [2.05, 4.69) is 6.07 Å². The summed E-state index contributed by atoms with van der Waals surface area (Å²) in [5, 5.41) is 0. The largest absolute Gasteiger partial charge is 0.331 e. The third kappa shape index (κ3) is 3.43. The Morgan fingerprint density at radius 1 is 1.33 bits per heavy atom. The quantitative estimate of drug-likeness (QED) is 0.854. The van der Waals surface area contributed by atoms with E-state index in [9.17, 15) is 9.59 Å². The van der Waals surface area contributed by atoms with Crippen LogP contribution in [0.2, 0.25) is 0 Å². The van der Waals surface area contributed by atoms with Crippen LogP contribution in [0.15, 0.2) is 24.3 Å². The molecule has 1 aromatic carbocycles. The van der Waals surface area contributed by atoms with Crippen molar-refractivity contribution in [2.75, 3.05) is 18.0 Å². The van der Waals surface area contributed by atoms with E-state index in [4.69, 9.17) is 0 Å². The zero-order chi connectivity index (χ0) is 15.4. The summed E-state index contributed by atoms with van der Waals surface area (Å²) in [4.78, 5) is 27.9. The third-order valence-electron chi connectivity index (χ3n) is 4.24. The Hall–Kier alpha value is -1.84. The Kier molecular flexibility index (Phi) is 4.99. The summed E-state index contributed by atoms with van der Waals surface area (Å²) in [6.07, 6.45) is 2.84. The van der Waals surface area contributed by atoms with Gasteiger partial charge in [-0.25, -0.2) is 0 Å². The lowest BCUT2D eigenvalue weighted by Crippen LogP contribution is -2.47. The first-order chi connectivity index (χ1) is 10.0. The highest BCUT2D eigenvalue weighted by atomic mass is 16.2. The zero-order valence-electron chi connectivity index (χ0n) is 13.1. The molecule has 0 saturated heterocycles. The molecule has 0 radical (unpaired) electrons. The van der Waals surface area contributed by atoms with E-state index in [0.717, 1.165) is 31.5 Å². The van der Waals surface area contributed by atoms with Crippen LogP contribution in [0.25, 0.3) is 0 Å². The second-order valence-electron chi connectivity index (χ2n) is 5.68. The van der Waals surface area contributed by atoms with E-state index < -0.39 is 0 Å². The van der Waals surface area contributed by atoms with E-state index in [1.54, 1.807) is 4.90 Å². The maximum absolute atomic E-state index is 12.6. The zero-order valence-corrected chi connectivity index (χ0v) is 13.1. The molecule has 1 heterocycles. The number of hydrogen-bond acceptors (Lipinski definition) is 2. The van der Waals surface area contributed by atoms with Gasteiger partial charge < -0.3 is 9.80 Å². The van der Waals surface area contributed by atoms with E-state index in [-0.39, 0.29) is 24.4 Å². The molecular weight excluding hydrogens is 264 g/mol. The number of carbonyl (C=O) groups excluding carboxylic acids is 2. The van der Waals surface area contributed by atoms with Crippen LogP contribution in [-0.4, -0.2) is 35.8 Å². The second-order valence-corrected chi connectivity index (χ2v) is 5.68. The minimum absolute atomic E-state index is 0.0117. The molecule has 2 amide bonds. The van der Waals surface area contributed by atoms with Crippen molar-refractivity contribution in [1.29, 1.82) is 0 Å². The van der Waals surface area contributed by atoms with E-state index in [1.807, 2.05) is 36.9 Å². The van der Waals surface area contributed by atoms with Crippen molar-refractivity contribution in [3.05, 3.63) is 29.8 Å². The van der Waals surface area contributed by atoms with Crippen LogP contribution in [0.4, 0.5) is 5.69 Å². The van der Waals surface area contributed by atoms with Crippen molar-refractivity contribution < 1.29 is 9.59 Å². The highest BCUT2D eigenvalue weighted by Gasteiger charge is 2.26. The molecule has 1 aromatic rings. The van der Waals surface area contributed by atoms with Crippen molar-refractivity contribution in [3.8, 4) is 0 Å². The lowest BCUT2D eigenvalue weighted by molar-refractivity contribution is -0.135. The number of para-hydroxylation sites is 1. The van der Waals surface area contributed by atoms with Gasteiger partial charge in [0.2, 0.25) is 11.8 Å². The van der Waals surface area contributed by atoms with Gasteiger partial charge in [-0.15, -0.1) is 0 Å². The van der Waals surface area contributed by atoms with Gasteiger partial charge in [-0.05, 0) is 37.8 Å². The van der Waals surface area contributed by atoms with Crippen LogP contribution in [0.1, 0.15) is 39.2 Å². The summed E-state index contributed by atoms with van der Waals surface area (Å²) in [5.41, 5.74) is 2.22. The molecular formula is C17H24N2O2. The number of aryl methyl sites for hydroxylation is 1. The Balaban J connectivity index is 2.15. The number of carbonyl (C=O) groups is 2. The van der Waals surface area contributed by atoms with Crippen molar-refractivity contribution in [2.45, 2.75) is 46.1 Å². The summed E-state index contributed by atoms with van der Waals surface area (Å²) in [6, 6.07) is 8.13. The molecule has 0 aliphatic carbocycles. The molecule has 1 aliphatic heterocycles. The van der Waals surface area contributed by atoms with Crippen LogP contribution >= 0.6 is 0 Å². The molecule has 0 fully saturated rings. The lowest BCUT2D eigenvalue weighted by Gasteiger charge is -2.33. The number of anilines is 1. The number of benzene rings is 1. The Labute approximate surface area is 126 Å². The number of nitrogens with zero attached hydrogens (tertiary/aromatic N) is 2. The number of fused-ring (bicyclic) bond motifs is 1. The highest BCUT2D eigenvalue weighted by Crippen LogP contribution is 2.26. The fourth-order valence-electron chi connectivity index (χ4n) is 2.82. The average Bonchev–Trinajstić information content (AvgIpc) is 2.50. The molecule has 0 saturated carbocycles. The molecule has 1 aliphatic rings. The molecule has 0 bridgehead atoms. The van der Waals surface area contributed by atoms with Gasteiger partial charge in [-0.2, -0.15) is 0 Å². The van der Waals surface area contributed by atoms with Crippen LogP contribution < -0.4 is 4.90 Å². The monoisotopic (exact) mass is 288 g/mol. The first-order valence-electron chi connectivity index (χ1n) is 7.70. The average molecular weight is 288 g/mol. The normalized spacial score (nSPS) is 15.3. The summed E-state index contributed by atoms with van der Waals surface area (Å²) < 4.78 is 0. The van der Waals surface area contributed by atoms with Gasteiger partial charge in [0.1, 0.15) is 6.54 Å². The van der Waals surface area contributed by atoms with Gasteiger partial charge in [0, 0.05) is 25.2 Å². The molecule has 2 rings (SSSR count). The predicted octanol–water partition coefficient (Wildman–Crippen LogP) is 2.61. The van der Waals surface area contributed by atoms with Crippen molar-refractivity contribution >= 4 is 17.5 Å². The van der Waals surface area contributed by atoms with Crippen molar-refractivity contribution in [2.24, 2.45) is 0 Å². The molecule has 0 N–H and O–H groups in total. The highest BCUT2D eigenvalue weighted by molar-refractivity contribution is 5.97. The Morgan fingerprint density at radius 2 is 2.05 bits per heavy atom.